The van der Waals surface area contributed by atoms with Crippen LogP contribution in [0.15, 0.2) is 0 Å². The molecule has 0 aromatic rings. The van der Waals surface area contributed by atoms with Crippen LogP contribution in [-0.2, 0) is 28.5 Å². The molecule has 0 aromatic carbocycles. The van der Waals surface area contributed by atoms with Gasteiger partial charge >= 0.3 is 11.9 Å². The third-order valence-electron chi connectivity index (χ3n) is 4.42. The molecule has 0 bridgehead atoms. The zero-order chi connectivity index (χ0) is 16.7. The zero-order valence-corrected chi connectivity index (χ0v) is 13.8. The fraction of sp³-hybridized carbons (Fsp3) is 0.765. The molecule has 6 nitrogen and oxygen atoms in total. The van der Waals surface area contributed by atoms with Crippen LogP contribution in [0.25, 0.3) is 0 Å². The Morgan fingerprint density at radius 3 is 2.61 bits per heavy atom. The number of rotatable bonds is 5. The van der Waals surface area contributed by atoms with E-state index in [4.69, 9.17) is 18.9 Å². The molecule has 2 fully saturated rings. The Bertz CT molecular complexity index is 483. The number of carbonyl (C=O) groups is 2. The molecule has 2 atom stereocenters. The Morgan fingerprint density at radius 1 is 1.22 bits per heavy atom. The van der Waals surface area contributed by atoms with Crippen molar-refractivity contribution in [2.24, 2.45) is 11.8 Å². The van der Waals surface area contributed by atoms with Gasteiger partial charge < -0.3 is 18.9 Å². The van der Waals surface area contributed by atoms with Gasteiger partial charge in [0.15, 0.2) is 5.79 Å². The van der Waals surface area contributed by atoms with Crippen LogP contribution in [0.5, 0.6) is 0 Å². The van der Waals surface area contributed by atoms with Gasteiger partial charge in [0, 0.05) is 25.2 Å². The minimum Gasteiger partial charge on any atom is -0.469 e. The first-order chi connectivity index (χ1) is 11.1. The molecule has 0 radical (unpaired) electrons. The van der Waals surface area contributed by atoms with E-state index in [0.717, 1.165) is 12.8 Å². The minimum atomic E-state index is -0.628. The van der Waals surface area contributed by atoms with Crippen LogP contribution >= 0.6 is 0 Å². The van der Waals surface area contributed by atoms with Gasteiger partial charge in [-0.25, -0.2) is 0 Å². The molecular formula is C17H24O6. The molecule has 0 amide bonds. The second kappa shape index (κ2) is 8.32. The molecule has 0 unspecified atom stereocenters. The number of hydrogen-bond acceptors (Lipinski definition) is 6. The summed E-state index contributed by atoms with van der Waals surface area (Å²) in [7, 11) is 1.39. The average molecular weight is 324 g/mol. The van der Waals surface area contributed by atoms with E-state index in [-0.39, 0.29) is 30.2 Å². The molecule has 1 aliphatic heterocycles. The van der Waals surface area contributed by atoms with Gasteiger partial charge in [0.1, 0.15) is 6.42 Å². The second-order valence-corrected chi connectivity index (χ2v) is 5.73. The molecule has 1 saturated carbocycles. The molecule has 6 heteroatoms. The van der Waals surface area contributed by atoms with Crippen LogP contribution in [0, 0.1) is 23.7 Å². The highest BCUT2D eigenvalue weighted by Crippen LogP contribution is 2.48. The van der Waals surface area contributed by atoms with Crippen molar-refractivity contribution in [3.8, 4) is 11.8 Å². The summed E-state index contributed by atoms with van der Waals surface area (Å²) in [5, 5.41) is 0. The van der Waals surface area contributed by atoms with Crippen molar-refractivity contribution in [2.75, 3.05) is 26.9 Å². The van der Waals surface area contributed by atoms with E-state index in [9.17, 15) is 9.59 Å². The highest BCUT2D eigenvalue weighted by molar-refractivity contribution is 5.72. The Morgan fingerprint density at radius 2 is 1.96 bits per heavy atom. The summed E-state index contributed by atoms with van der Waals surface area (Å²) in [5.74, 6) is 4.83. The number of carbonyl (C=O) groups excluding carboxylic acids is 2. The minimum absolute atomic E-state index is 0.0128. The summed E-state index contributed by atoms with van der Waals surface area (Å²) in [6.45, 7) is 3.25. The fourth-order valence-corrected chi connectivity index (χ4v) is 3.35. The number of hydrogen-bond donors (Lipinski definition) is 0. The van der Waals surface area contributed by atoms with Gasteiger partial charge in [-0.1, -0.05) is 5.92 Å². The molecule has 1 aliphatic carbocycles. The molecule has 1 heterocycles. The van der Waals surface area contributed by atoms with E-state index in [1.54, 1.807) is 6.92 Å². The van der Waals surface area contributed by atoms with Gasteiger partial charge in [-0.2, -0.15) is 0 Å². The standard InChI is InChI=1S/C17H24O6/c1-3-21-15(18)7-5-4-6-14-13(12-16(19)20-2)8-9-17(14)22-10-11-23-17/h13-14H,3,6-12H2,1-2H3/t13-,14-/m1/s1. The first-order valence-corrected chi connectivity index (χ1v) is 8.07. The summed E-state index contributed by atoms with van der Waals surface area (Å²) in [6, 6.07) is 0. The third kappa shape index (κ3) is 4.46. The predicted molar refractivity (Wildman–Crippen MR) is 81.1 cm³/mol. The van der Waals surface area contributed by atoms with Crippen LogP contribution in [0.3, 0.4) is 0 Å². The zero-order valence-electron chi connectivity index (χ0n) is 13.8. The van der Waals surface area contributed by atoms with Crippen molar-refractivity contribution in [3.63, 3.8) is 0 Å². The highest BCUT2D eigenvalue weighted by atomic mass is 16.7. The highest BCUT2D eigenvalue weighted by Gasteiger charge is 2.52. The lowest BCUT2D eigenvalue weighted by Crippen LogP contribution is -2.37. The van der Waals surface area contributed by atoms with Crippen molar-refractivity contribution >= 4 is 11.9 Å². The van der Waals surface area contributed by atoms with E-state index in [1.807, 2.05) is 0 Å². The molecule has 1 saturated heterocycles. The summed E-state index contributed by atoms with van der Waals surface area (Å²) in [6.07, 6.45) is 2.56. The largest absolute Gasteiger partial charge is 0.469 e. The van der Waals surface area contributed by atoms with Crippen molar-refractivity contribution in [3.05, 3.63) is 0 Å². The molecule has 0 N–H and O–H groups in total. The Labute approximate surface area is 136 Å². The van der Waals surface area contributed by atoms with E-state index in [2.05, 4.69) is 11.8 Å². The van der Waals surface area contributed by atoms with Gasteiger partial charge in [0.25, 0.3) is 0 Å². The molecule has 1 spiro atoms. The van der Waals surface area contributed by atoms with E-state index >= 15 is 0 Å². The average Bonchev–Trinajstić information content (AvgIpc) is 3.13. The first-order valence-electron chi connectivity index (χ1n) is 8.07. The van der Waals surface area contributed by atoms with E-state index < -0.39 is 5.79 Å². The lowest BCUT2D eigenvalue weighted by Gasteiger charge is -2.30. The van der Waals surface area contributed by atoms with Crippen molar-refractivity contribution in [1.29, 1.82) is 0 Å². The van der Waals surface area contributed by atoms with Gasteiger partial charge in [-0.15, -0.1) is 5.92 Å². The molecule has 2 rings (SSSR count). The van der Waals surface area contributed by atoms with Crippen molar-refractivity contribution in [1.82, 2.24) is 0 Å². The SMILES string of the molecule is CCOC(=O)CC#CC[C@@H]1[C@@H](CC(=O)OC)CCC12OCCO2. The van der Waals surface area contributed by atoms with Crippen LogP contribution in [-0.4, -0.2) is 44.7 Å². The summed E-state index contributed by atoms with van der Waals surface area (Å²) < 4.78 is 21.3. The summed E-state index contributed by atoms with van der Waals surface area (Å²) >= 11 is 0. The third-order valence-corrected chi connectivity index (χ3v) is 4.42. The fourth-order valence-electron chi connectivity index (χ4n) is 3.35. The lowest BCUT2D eigenvalue weighted by molar-refractivity contribution is -0.185. The van der Waals surface area contributed by atoms with E-state index in [0.29, 0.717) is 32.7 Å². The normalized spacial score (nSPS) is 25.0. The second-order valence-electron chi connectivity index (χ2n) is 5.73. The van der Waals surface area contributed by atoms with Gasteiger partial charge in [-0.05, 0) is 19.3 Å². The molecule has 0 aromatic heterocycles. The Kier molecular flexibility index (Phi) is 6.43. The smallest absolute Gasteiger partial charge is 0.317 e. The van der Waals surface area contributed by atoms with Crippen LogP contribution in [0.1, 0.15) is 39.0 Å². The van der Waals surface area contributed by atoms with Gasteiger partial charge in [-0.3, -0.25) is 9.59 Å². The number of esters is 2. The maximum absolute atomic E-state index is 11.6. The van der Waals surface area contributed by atoms with Gasteiger partial charge in [0.2, 0.25) is 0 Å². The predicted octanol–water partition coefficient (Wildman–Crippen LogP) is 1.67. The molecule has 2 aliphatic rings. The number of ether oxygens (including phenoxy) is 4. The maximum atomic E-state index is 11.6. The quantitative estimate of drug-likeness (QED) is 0.566. The summed E-state index contributed by atoms with van der Waals surface area (Å²) in [4.78, 5) is 22.9. The Balaban J connectivity index is 1.98. The first kappa shape index (κ1) is 17.8. The van der Waals surface area contributed by atoms with Crippen molar-refractivity contribution < 1.29 is 28.5 Å². The van der Waals surface area contributed by atoms with Crippen LogP contribution in [0.2, 0.25) is 0 Å². The summed E-state index contributed by atoms with van der Waals surface area (Å²) in [5.41, 5.74) is 0. The molecule has 23 heavy (non-hydrogen) atoms. The van der Waals surface area contributed by atoms with Crippen molar-refractivity contribution in [2.45, 2.75) is 44.8 Å². The van der Waals surface area contributed by atoms with Crippen LogP contribution < -0.4 is 0 Å². The monoisotopic (exact) mass is 324 g/mol. The van der Waals surface area contributed by atoms with E-state index in [1.165, 1.54) is 7.11 Å². The molecule has 128 valence electrons. The van der Waals surface area contributed by atoms with Gasteiger partial charge in [0.05, 0.1) is 26.9 Å². The Hall–Kier alpha value is -1.58. The topological polar surface area (TPSA) is 71.1 Å². The lowest BCUT2D eigenvalue weighted by atomic mass is 9.87. The number of methoxy groups -OCH3 is 1. The van der Waals surface area contributed by atoms with Crippen LogP contribution in [0.4, 0.5) is 0 Å². The molecular weight excluding hydrogens is 300 g/mol. The maximum Gasteiger partial charge on any atom is 0.317 e.